The largest absolute Gasteiger partial charge is 0.422 e. The van der Waals surface area contributed by atoms with Gasteiger partial charge in [0.05, 0.1) is 5.56 Å². The standard InChI is InChI=1S/C28H31F7/c1-16-2-8-19(9-3-16)20-10-6-17(7-11-20)4-5-18-12-22(29)26(23(30)13-18)21-14-24(31)27(25(32)15-21)28(33,34)35/h12-17,19-20H,2-11H2,1H3. The normalized spacial score (nSPS) is 25.6. The van der Waals surface area contributed by atoms with Gasteiger partial charge in [-0.1, -0.05) is 32.6 Å². The minimum atomic E-state index is -5.25. The van der Waals surface area contributed by atoms with Crippen molar-refractivity contribution in [3.8, 4) is 11.1 Å². The van der Waals surface area contributed by atoms with Crippen LogP contribution in [-0.2, 0) is 12.6 Å². The first-order chi connectivity index (χ1) is 16.5. The molecule has 0 aromatic heterocycles. The van der Waals surface area contributed by atoms with Gasteiger partial charge in [-0.25, -0.2) is 17.6 Å². The number of hydrogen-bond acceptors (Lipinski definition) is 0. The van der Waals surface area contributed by atoms with Gasteiger partial charge in [-0.3, -0.25) is 0 Å². The molecule has 2 aromatic rings. The van der Waals surface area contributed by atoms with Crippen LogP contribution >= 0.6 is 0 Å². The van der Waals surface area contributed by atoms with Gasteiger partial charge in [0.2, 0.25) is 0 Å². The Bertz CT molecular complexity index is 980. The lowest BCUT2D eigenvalue weighted by atomic mass is 9.69. The molecule has 4 rings (SSSR count). The van der Waals surface area contributed by atoms with E-state index in [9.17, 15) is 30.7 Å². The molecule has 0 nitrogen and oxygen atoms in total. The summed E-state index contributed by atoms with van der Waals surface area (Å²) in [5.74, 6) is -2.95. The van der Waals surface area contributed by atoms with E-state index >= 15 is 0 Å². The van der Waals surface area contributed by atoms with Crippen LogP contribution in [0.4, 0.5) is 30.7 Å². The van der Waals surface area contributed by atoms with E-state index in [1.54, 1.807) is 0 Å². The molecule has 35 heavy (non-hydrogen) atoms. The zero-order valence-corrected chi connectivity index (χ0v) is 19.8. The third kappa shape index (κ3) is 6.03. The van der Waals surface area contributed by atoms with E-state index in [0.29, 0.717) is 30.0 Å². The van der Waals surface area contributed by atoms with Crippen molar-refractivity contribution in [2.24, 2.45) is 23.7 Å². The Balaban J connectivity index is 1.38. The average molecular weight is 501 g/mol. The van der Waals surface area contributed by atoms with Gasteiger partial charge >= 0.3 is 6.18 Å². The van der Waals surface area contributed by atoms with Crippen LogP contribution in [-0.4, -0.2) is 0 Å². The van der Waals surface area contributed by atoms with Gasteiger partial charge in [0.1, 0.15) is 28.8 Å². The molecule has 0 saturated heterocycles. The minimum absolute atomic E-state index is 0.318. The SMILES string of the molecule is CC1CCC(C2CCC(CCc3cc(F)c(-c4cc(F)c(C(F)(F)F)c(F)c4)c(F)c3)CC2)CC1. The Morgan fingerprint density at radius 3 is 1.66 bits per heavy atom. The Kier molecular flexibility index (Phi) is 7.82. The maximum absolute atomic E-state index is 14.7. The summed E-state index contributed by atoms with van der Waals surface area (Å²) in [6.45, 7) is 2.32. The first-order valence-electron chi connectivity index (χ1n) is 12.6. The molecule has 2 aromatic carbocycles. The lowest BCUT2D eigenvalue weighted by Gasteiger charge is -2.37. The third-order valence-electron chi connectivity index (χ3n) is 8.18. The van der Waals surface area contributed by atoms with Gasteiger partial charge in [0, 0.05) is 0 Å². The maximum Gasteiger partial charge on any atom is 0.422 e. The Hall–Kier alpha value is -2.05. The fraction of sp³-hybridized carbons (Fsp3) is 0.571. The van der Waals surface area contributed by atoms with Crippen molar-refractivity contribution < 1.29 is 30.7 Å². The summed E-state index contributed by atoms with van der Waals surface area (Å²) >= 11 is 0. The molecule has 0 spiro atoms. The van der Waals surface area contributed by atoms with Crippen LogP contribution in [0.3, 0.4) is 0 Å². The van der Waals surface area contributed by atoms with Gasteiger partial charge < -0.3 is 0 Å². The molecule has 0 N–H and O–H groups in total. The number of aryl methyl sites for hydroxylation is 1. The van der Waals surface area contributed by atoms with E-state index in [0.717, 1.165) is 49.1 Å². The van der Waals surface area contributed by atoms with Gasteiger partial charge in [-0.2, -0.15) is 13.2 Å². The van der Waals surface area contributed by atoms with Crippen molar-refractivity contribution in [2.75, 3.05) is 0 Å². The van der Waals surface area contributed by atoms with Crippen LogP contribution < -0.4 is 0 Å². The molecule has 0 amide bonds. The molecule has 2 aliphatic rings. The summed E-state index contributed by atoms with van der Waals surface area (Å²) in [6, 6.07) is 2.86. The molecular formula is C28H31F7. The van der Waals surface area contributed by atoms with Gasteiger partial charge in [0.25, 0.3) is 0 Å². The number of rotatable bonds is 5. The lowest BCUT2D eigenvalue weighted by molar-refractivity contribution is -0.142. The molecule has 0 radical (unpaired) electrons. The summed E-state index contributed by atoms with van der Waals surface area (Å²) in [6.07, 6.45) is 5.97. The van der Waals surface area contributed by atoms with Crippen molar-refractivity contribution in [3.05, 3.63) is 58.7 Å². The number of halogens is 7. The summed E-state index contributed by atoms with van der Waals surface area (Å²) in [7, 11) is 0. The zero-order valence-electron chi connectivity index (χ0n) is 19.8. The van der Waals surface area contributed by atoms with Crippen molar-refractivity contribution in [2.45, 2.75) is 77.3 Å². The second kappa shape index (κ2) is 10.5. The van der Waals surface area contributed by atoms with Crippen LogP contribution in [0.15, 0.2) is 24.3 Å². The molecule has 0 aliphatic heterocycles. The first-order valence-corrected chi connectivity index (χ1v) is 12.6. The molecule has 2 aliphatic carbocycles. The molecule has 0 heterocycles. The molecule has 0 bridgehead atoms. The highest BCUT2D eigenvalue weighted by Crippen LogP contribution is 2.42. The third-order valence-corrected chi connectivity index (χ3v) is 8.18. The average Bonchev–Trinajstić information content (AvgIpc) is 2.77. The fourth-order valence-electron chi connectivity index (χ4n) is 6.11. The van der Waals surface area contributed by atoms with E-state index in [4.69, 9.17) is 0 Å². The fourth-order valence-corrected chi connectivity index (χ4v) is 6.11. The van der Waals surface area contributed by atoms with Crippen LogP contribution in [0.5, 0.6) is 0 Å². The summed E-state index contributed by atoms with van der Waals surface area (Å²) < 4.78 is 95.7. The van der Waals surface area contributed by atoms with Gasteiger partial charge in [-0.15, -0.1) is 0 Å². The molecule has 192 valence electrons. The van der Waals surface area contributed by atoms with Crippen molar-refractivity contribution in [1.29, 1.82) is 0 Å². The van der Waals surface area contributed by atoms with E-state index in [1.807, 2.05) is 0 Å². The molecular weight excluding hydrogens is 469 g/mol. The second-order valence-corrected chi connectivity index (χ2v) is 10.6. The molecule has 7 heteroatoms. The highest BCUT2D eigenvalue weighted by molar-refractivity contribution is 5.66. The van der Waals surface area contributed by atoms with Crippen molar-refractivity contribution in [3.63, 3.8) is 0 Å². The van der Waals surface area contributed by atoms with Crippen molar-refractivity contribution in [1.82, 2.24) is 0 Å². The predicted octanol–water partition coefficient (Wildman–Crippen LogP) is 9.49. The maximum atomic E-state index is 14.7. The van der Waals surface area contributed by atoms with Crippen molar-refractivity contribution >= 4 is 0 Å². The summed E-state index contributed by atoms with van der Waals surface area (Å²) in [5.41, 5.74) is -2.99. The van der Waals surface area contributed by atoms with E-state index in [1.165, 1.54) is 38.5 Å². The van der Waals surface area contributed by atoms with Crippen LogP contribution in [0.1, 0.15) is 75.8 Å². The first kappa shape index (κ1) is 26.0. The highest BCUT2D eigenvalue weighted by atomic mass is 19.4. The summed E-state index contributed by atoms with van der Waals surface area (Å²) in [4.78, 5) is 0. The topological polar surface area (TPSA) is 0 Å². The molecule has 2 saturated carbocycles. The number of alkyl halides is 3. The quantitative estimate of drug-likeness (QED) is 0.359. The van der Waals surface area contributed by atoms with Crippen LogP contribution in [0, 0.1) is 46.9 Å². The van der Waals surface area contributed by atoms with E-state index < -0.39 is 46.1 Å². The second-order valence-electron chi connectivity index (χ2n) is 10.6. The van der Waals surface area contributed by atoms with Crippen LogP contribution in [0.25, 0.3) is 11.1 Å². The smallest absolute Gasteiger partial charge is 0.206 e. The number of benzene rings is 2. The Morgan fingerprint density at radius 2 is 1.17 bits per heavy atom. The summed E-state index contributed by atoms with van der Waals surface area (Å²) in [5, 5.41) is 0. The predicted molar refractivity (Wildman–Crippen MR) is 122 cm³/mol. The van der Waals surface area contributed by atoms with Gasteiger partial charge in [-0.05, 0) is 97.6 Å². The monoisotopic (exact) mass is 500 g/mol. The van der Waals surface area contributed by atoms with Gasteiger partial charge in [0.15, 0.2) is 0 Å². The molecule has 0 unspecified atom stereocenters. The Morgan fingerprint density at radius 1 is 0.686 bits per heavy atom. The van der Waals surface area contributed by atoms with E-state index in [2.05, 4.69) is 6.92 Å². The highest BCUT2D eigenvalue weighted by Gasteiger charge is 2.38. The lowest BCUT2D eigenvalue weighted by Crippen LogP contribution is -2.25. The van der Waals surface area contributed by atoms with Crippen LogP contribution in [0.2, 0.25) is 0 Å². The Labute approximate surface area is 201 Å². The zero-order chi connectivity index (χ0) is 25.3. The van der Waals surface area contributed by atoms with E-state index in [-0.39, 0.29) is 0 Å². The number of hydrogen-bond donors (Lipinski definition) is 0. The minimum Gasteiger partial charge on any atom is -0.206 e. The molecule has 2 fully saturated rings. The molecule has 0 atom stereocenters.